The summed E-state index contributed by atoms with van der Waals surface area (Å²) in [5.41, 5.74) is 1.72. The predicted octanol–water partition coefficient (Wildman–Crippen LogP) is 4.56. The topological polar surface area (TPSA) is 32.3 Å². The van der Waals surface area contributed by atoms with Gasteiger partial charge >= 0.3 is 0 Å². The minimum atomic E-state index is -0.512. The Hall–Kier alpha value is -1.98. The second-order valence-corrected chi connectivity index (χ2v) is 6.20. The highest BCUT2D eigenvalue weighted by molar-refractivity contribution is 6.33. The number of benzene rings is 2. The number of rotatable bonds is 5. The van der Waals surface area contributed by atoms with Gasteiger partial charge in [-0.25, -0.2) is 8.78 Å². The maximum Gasteiger partial charge on any atom is 0.238 e. The number of anilines is 1. The van der Waals surface area contributed by atoms with Gasteiger partial charge in [-0.2, -0.15) is 0 Å². The first-order valence-electron chi connectivity index (χ1n) is 7.49. The number of nitrogens with one attached hydrogen (secondary N) is 1. The Balaban J connectivity index is 2.04. The third-order valence-electron chi connectivity index (χ3n) is 3.86. The molecule has 0 radical (unpaired) electrons. The standard InChI is InChI=1S/C18H19ClF2N2O/c1-11-4-7-17(15(19)8-11)22-18(24)10-23(3)12(2)14-9-13(20)5-6-16(14)21/h4-9,12H,10H2,1-3H3,(H,22,24). The number of carbonyl (C=O) groups excluding carboxylic acids is 1. The van der Waals surface area contributed by atoms with Crippen LogP contribution in [-0.4, -0.2) is 24.4 Å². The lowest BCUT2D eigenvalue weighted by Crippen LogP contribution is -2.32. The Labute approximate surface area is 145 Å². The van der Waals surface area contributed by atoms with Crippen molar-refractivity contribution >= 4 is 23.2 Å². The van der Waals surface area contributed by atoms with E-state index < -0.39 is 17.7 Å². The second-order valence-electron chi connectivity index (χ2n) is 5.79. The molecular formula is C18H19ClF2N2O. The summed E-state index contributed by atoms with van der Waals surface area (Å²) in [5.74, 6) is -1.30. The van der Waals surface area contributed by atoms with Crippen LogP contribution in [0.25, 0.3) is 0 Å². The number of nitrogens with zero attached hydrogens (tertiary/aromatic N) is 1. The second kappa shape index (κ2) is 7.73. The first-order valence-corrected chi connectivity index (χ1v) is 7.87. The van der Waals surface area contributed by atoms with Crippen LogP contribution in [0.1, 0.15) is 24.1 Å². The van der Waals surface area contributed by atoms with Crippen molar-refractivity contribution in [3.8, 4) is 0 Å². The number of hydrogen-bond donors (Lipinski definition) is 1. The minimum Gasteiger partial charge on any atom is -0.324 e. The van der Waals surface area contributed by atoms with Crippen molar-refractivity contribution in [2.75, 3.05) is 18.9 Å². The van der Waals surface area contributed by atoms with Gasteiger partial charge in [-0.1, -0.05) is 17.7 Å². The molecule has 0 aromatic heterocycles. The monoisotopic (exact) mass is 352 g/mol. The van der Waals surface area contributed by atoms with E-state index in [0.29, 0.717) is 10.7 Å². The quantitative estimate of drug-likeness (QED) is 0.855. The number of likely N-dealkylation sites (N-methyl/N-ethyl adjacent to an activating group) is 1. The van der Waals surface area contributed by atoms with E-state index in [-0.39, 0.29) is 18.0 Å². The molecule has 0 aliphatic heterocycles. The fraction of sp³-hybridized carbons (Fsp3) is 0.278. The SMILES string of the molecule is Cc1ccc(NC(=O)CN(C)C(C)c2cc(F)ccc2F)c(Cl)c1. The number of aryl methyl sites for hydroxylation is 1. The van der Waals surface area contributed by atoms with Crippen LogP contribution in [0.2, 0.25) is 5.02 Å². The molecule has 0 spiro atoms. The van der Waals surface area contributed by atoms with E-state index in [1.54, 1.807) is 31.0 Å². The molecule has 1 unspecified atom stereocenters. The average molecular weight is 353 g/mol. The Kier molecular flexibility index (Phi) is 5.91. The number of halogens is 3. The minimum absolute atomic E-state index is 0.0152. The molecule has 24 heavy (non-hydrogen) atoms. The van der Waals surface area contributed by atoms with Gasteiger partial charge in [-0.05, 0) is 56.8 Å². The maximum absolute atomic E-state index is 13.8. The van der Waals surface area contributed by atoms with Crippen molar-refractivity contribution in [2.45, 2.75) is 19.9 Å². The fourth-order valence-corrected chi connectivity index (χ4v) is 2.63. The van der Waals surface area contributed by atoms with Crippen LogP contribution in [0, 0.1) is 18.6 Å². The van der Waals surface area contributed by atoms with Gasteiger partial charge in [0.25, 0.3) is 0 Å². The zero-order valence-electron chi connectivity index (χ0n) is 13.7. The molecule has 1 atom stereocenters. The van der Waals surface area contributed by atoms with E-state index in [9.17, 15) is 13.6 Å². The highest BCUT2D eigenvalue weighted by atomic mass is 35.5. The van der Waals surface area contributed by atoms with E-state index >= 15 is 0 Å². The molecule has 0 aliphatic rings. The molecule has 0 saturated carbocycles. The van der Waals surface area contributed by atoms with E-state index in [0.717, 1.165) is 23.8 Å². The highest BCUT2D eigenvalue weighted by Crippen LogP contribution is 2.24. The van der Waals surface area contributed by atoms with Crippen LogP contribution in [0.4, 0.5) is 14.5 Å². The van der Waals surface area contributed by atoms with Crippen molar-refractivity contribution in [3.63, 3.8) is 0 Å². The number of amides is 1. The van der Waals surface area contributed by atoms with Crippen molar-refractivity contribution in [1.82, 2.24) is 4.90 Å². The molecule has 0 heterocycles. The van der Waals surface area contributed by atoms with Crippen LogP contribution < -0.4 is 5.32 Å². The van der Waals surface area contributed by atoms with Crippen LogP contribution >= 0.6 is 11.6 Å². The summed E-state index contributed by atoms with van der Waals surface area (Å²) in [7, 11) is 1.67. The van der Waals surface area contributed by atoms with Crippen LogP contribution in [0.3, 0.4) is 0 Å². The van der Waals surface area contributed by atoms with Gasteiger partial charge in [0.05, 0.1) is 17.3 Å². The molecule has 3 nitrogen and oxygen atoms in total. The van der Waals surface area contributed by atoms with Gasteiger partial charge in [-0.3, -0.25) is 9.69 Å². The lowest BCUT2D eigenvalue weighted by molar-refractivity contribution is -0.117. The van der Waals surface area contributed by atoms with Crippen molar-refractivity contribution in [1.29, 1.82) is 0 Å². The summed E-state index contributed by atoms with van der Waals surface area (Å²) in [6.07, 6.45) is 0. The van der Waals surface area contributed by atoms with Gasteiger partial charge in [0.1, 0.15) is 11.6 Å². The number of hydrogen-bond acceptors (Lipinski definition) is 2. The van der Waals surface area contributed by atoms with E-state index in [1.165, 1.54) is 0 Å². The Bertz CT molecular complexity index is 752. The molecule has 6 heteroatoms. The summed E-state index contributed by atoms with van der Waals surface area (Å²) in [6, 6.07) is 8.16. The fourth-order valence-electron chi connectivity index (χ4n) is 2.35. The Morgan fingerprint density at radius 2 is 1.96 bits per heavy atom. The largest absolute Gasteiger partial charge is 0.324 e. The zero-order chi connectivity index (χ0) is 17.9. The summed E-state index contributed by atoms with van der Waals surface area (Å²) in [6.45, 7) is 3.63. The van der Waals surface area contributed by atoms with Crippen LogP contribution in [0.5, 0.6) is 0 Å². The van der Waals surface area contributed by atoms with Gasteiger partial charge in [0.15, 0.2) is 0 Å². The molecule has 0 bridgehead atoms. The summed E-state index contributed by atoms with van der Waals surface area (Å²) >= 11 is 6.09. The molecule has 2 aromatic rings. The molecule has 128 valence electrons. The molecule has 1 N–H and O–H groups in total. The van der Waals surface area contributed by atoms with Crippen LogP contribution in [-0.2, 0) is 4.79 Å². The summed E-state index contributed by atoms with van der Waals surface area (Å²) in [5, 5.41) is 3.17. The summed E-state index contributed by atoms with van der Waals surface area (Å²) in [4.78, 5) is 13.8. The molecule has 0 fully saturated rings. The molecule has 2 aromatic carbocycles. The third kappa shape index (κ3) is 4.52. The van der Waals surface area contributed by atoms with Gasteiger partial charge in [0.2, 0.25) is 5.91 Å². The van der Waals surface area contributed by atoms with Gasteiger partial charge < -0.3 is 5.32 Å². The zero-order valence-corrected chi connectivity index (χ0v) is 14.5. The lowest BCUT2D eigenvalue weighted by atomic mass is 10.1. The van der Waals surface area contributed by atoms with Crippen LogP contribution in [0.15, 0.2) is 36.4 Å². The Morgan fingerprint density at radius 3 is 2.62 bits per heavy atom. The van der Waals surface area contributed by atoms with Gasteiger partial charge in [-0.15, -0.1) is 0 Å². The average Bonchev–Trinajstić information content (AvgIpc) is 2.51. The first kappa shape index (κ1) is 18.4. The van der Waals surface area contributed by atoms with E-state index in [1.807, 2.05) is 13.0 Å². The first-order chi connectivity index (χ1) is 11.3. The van der Waals surface area contributed by atoms with Crippen molar-refractivity contribution < 1.29 is 13.6 Å². The molecule has 1 amide bonds. The predicted molar refractivity (Wildman–Crippen MR) is 92.2 cm³/mol. The number of carbonyl (C=O) groups is 1. The molecular weight excluding hydrogens is 334 g/mol. The van der Waals surface area contributed by atoms with E-state index in [4.69, 9.17) is 11.6 Å². The van der Waals surface area contributed by atoms with E-state index in [2.05, 4.69) is 5.32 Å². The normalized spacial score (nSPS) is 12.3. The van der Waals surface area contributed by atoms with Crippen molar-refractivity contribution in [3.05, 3.63) is 64.2 Å². The summed E-state index contributed by atoms with van der Waals surface area (Å²) < 4.78 is 27.2. The lowest BCUT2D eigenvalue weighted by Gasteiger charge is -2.25. The molecule has 2 rings (SSSR count). The molecule has 0 aliphatic carbocycles. The maximum atomic E-state index is 13.8. The smallest absolute Gasteiger partial charge is 0.238 e. The van der Waals surface area contributed by atoms with Gasteiger partial charge in [0, 0.05) is 11.6 Å². The third-order valence-corrected chi connectivity index (χ3v) is 4.17. The molecule has 0 saturated heterocycles. The highest BCUT2D eigenvalue weighted by Gasteiger charge is 2.19. The van der Waals surface area contributed by atoms with Crippen molar-refractivity contribution in [2.24, 2.45) is 0 Å². The Morgan fingerprint density at radius 1 is 1.25 bits per heavy atom.